The van der Waals surface area contributed by atoms with E-state index in [-0.39, 0.29) is 12.8 Å². The molecule has 0 saturated heterocycles. The van der Waals surface area contributed by atoms with Crippen LogP contribution in [0.25, 0.3) is 0 Å². The second kappa shape index (κ2) is 6.85. The molecule has 1 aromatic carbocycles. The van der Waals surface area contributed by atoms with Crippen LogP contribution in [0.2, 0.25) is 0 Å². The van der Waals surface area contributed by atoms with Gasteiger partial charge in [0.15, 0.2) is 0 Å². The molecule has 0 aliphatic heterocycles. The van der Waals surface area contributed by atoms with Crippen molar-refractivity contribution in [3.63, 3.8) is 0 Å². The first-order valence-electron chi connectivity index (χ1n) is 5.26. The maximum absolute atomic E-state index is 11.3. The van der Waals surface area contributed by atoms with Crippen LogP contribution in [-0.4, -0.2) is 19.4 Å². The number of amides is 1. The number of nitrogens with one attached hydrogen (secondary N) is 1. The van der Waals surface area contributed by atoms with Gasteiger partial charge < -0.3 is 9.47 Å². The molecule has 88 valence electrons. The molecule has 0 heterocycles. The number of carbonyl (C=O) groups is 1. The SMILES string of the molecule is CCC(NC(=O)OCc1ccccc1)OC. The fourth-order valence-corrected chi connectivity index (χ4v) is 1.22. The van der Waals surface area contributed by atoms with Gasteiger partial charge in [0.25, 0.3) is 0 Å². The second-order valence-corrected chi connectivity index (χ2v) is 3.34. The summed E-state index contributed by atoms with van der Waals surface area (Å²) in [6.45, 7) is 2.19. The van der Waals surface area contributed by atoms with Gasteiger partial charge >= 0.3 is 6.09 Å². The van der Waals surface area contributed by atoms with Gasteiger partial charge in [0.05, 0.1) is 0 Å². The van der Waals surface area contributed by atoms with Crippen LogP contribution in [0.15, 0.2) is 30.3 Å². The number of hydrogen-bond donors (Lipinski definition) is 1. The van der Waals surface area contributed by atoms with Crippen LogP contribution in [-0.2, 0) is 16.1 Å². The van der Waals surface area contributed by atoms with E-state index >= 15 is 0 Å². The highest BCUT2D eigenvalue weighted by Crippen LogP contribution is 2.01. The quantitative estimate of drug-likeness (QED) is 0.779. The minimum Gasteiger partial charge on any atom is -0.445 e. The minimum atomic E-state index is -0.461. The van der Waals surface area contributed by atoms with Crippen molar-refractivity contribution >= 4 is 6.09 Å². The van der Waals surface area contributed by atoms with Gasteiger partial charge in [-0.3, -0.25) is 5.32 Å². The lowest BCUT2D eigenvalue weighted by Crippen LogP contribution is -2.35. The Kier molecular flexibility index (Phi) is 5.36. The Morgan fingerprint density at radius 2 is 2.06 bits per heavy atom. The van der Waals surface area contributed by atoms with Crippen LogP contribution in [0.3, 0.4) is 0 Å². The molecule has 1 amide bonds. The van der Waals surface area contributed by atoms with Crippen LogP contribution in [0.1, 0.15) is 18.9 Å². The van der Waals surface area contributed by atoms with Crippen LogP contribution >= 0.6 is 0 Å². The lowest BCUT2D eigenvalue weighted by molar-refractivity contribution is 0.0575. The number of ether oxygens (including phenoxy) is 2. The highest BCUT2D eigenvalue weighted by molar-refractivity contribution is 5.67. The van der Waals surface area contributed by atoms with Gasteiger partial charge in [0, 0.05) is 7.11 Å². The number of carbonyl (C=O) groups excluding carboxylic acids is 1. The Morgan fingerprint density at radius 1 is 1.38 bits per heavy atom. The predicted molar refractivity (Wildman–Crippen MR) is 60.9 cm³/mol. The van der Waals surface area contributed by atoms with Crippen LogP contribution in [0.4, 0.5) is 4.79 Å². The third kappa shape index (κ3) is 4.31. The third-order valence-corrected chi connectivity index (χ3v) is 2.15. The Bertz CT molecular complexity index is 309. The summed E-state index contributed by atoms with van der Waals surface area (Å²) in [6, 6.07) is 9.53. The van der Waals surface area contributed by atoms with E-state index in [1.165, 1.54) is 0 Å². The van der Waals surface area contributed by atoms with Crippen molar-refractivity contribution in [1.29, 1.82) is 0 Å². The topological polar surface area (TPSA) is 47.6 Å². The molecule has 1 aromatic rings. The molecule has 1 rings (SSSR count). The summed E-state index contributed by atoms with van der Waals surface area (Å²) in [5.41, 5.74) is 0.961. The maximum Gasteiger partial charge on any atom is 0.409 e. The monoisotopic (exact) mass is 223 g/mol. The lowest BCUT2D eigenvalue weighted by Gasteiger charge is -2.14. The number of methoxy groups -OCH3 is 1. The molecule has 0 bridgehead atoms. The van der Waals surface area contributed by atoms with Crippen molar-refractivity contribution in [2.75, 3.05) is 7.11 Å². The highest BCUT2D eigenvalue weighted by Gasteiger charge is 2.09. The van der Waals surface area contributed by atoms with Crippen LogP contribution < -0.4 is 5.32 Å². The van der Waals surface area contributed by atoms with E-state index in [1.54, 1.807) is 7.11 Å². The van der Waals surface area contributed by atoms with Gasteiger partial charge in [-0.2, -0.15) is 0 Å². The average Bonchev–Trinajstić information content (AvgIpc) is 2.34. The Balaban J connectivity index is 2.30. The molecule has 0 aliphatic rings. The van der Waals surface area contributed by atoms with Gasteiger partial charge in [-0.15, -0.1) is 0 Å². The molecule has 1 unspecified atom stereocenters. The molecule has 1 atom stereocenters. The van der Waals surface area contributed by atoms with Gasteiger partial charge in [-0.25, -0.2) is 4.79 Å². The molecular formula is C12H17NO3. The summed E-state index contributed by atoms with van der Waals surface area (Å²) >= 11 is 0. The van der Waals surface area contributed by atoms with Gasteiger partial charge in [0.2, 0.25) is 0 Å². The van der Waals surface area contributed by atoms with Crippen LogP contribution in [0.5, 0.6) is 0 Å². The normalized spacial score (nSPS) is 11.9. The predicted octanol–water partition coefficient (Wildman–Crippen LogP) is 2.30. The molecule has 1 N–H and O–H groups in total. The zero-order valence-corrected chi connectivity index (χ0v) is 9.60. The maximum atomic E-state index is 11.3. The number of hydrogen-bond acceptors (Lipinski definition) is 3. The van der Waals surface area contributed by atoms with Gasteiger partial charge in [0.1, 0.15) is 12.8 Å². The zero-order valence-electron chi connectivity index (χ0n) is 9.60. The molecule has 4 heteroatoms. The minimum absolute atomic E-state index is 0.271. The molecule has 0 fully saturated rings. The van der Waals surface area contributed by atoms with Crippen molar-refractivity contribution in [2.45, 2.75) is 26.2 Å². The summed E-state index contributed by atoms with van der Waals surface area (Å²) in [5.74, 6) is 0. The fourth-order valence-electron chi connectivity index (χ4n) is 1.22. The van der Waals surface area contributed by atoms with Crippen molar-refractivity contribution < 1.29 is 14.3 Å². The second-order valence-electron chi connectivity index (χ2n) is 3.34. The van der Waals surface area contributed by atoms with Crippen molar-refractivity contribution in [2.24, 2.45) is 0 Å². The van der Waals surface area contributed by atoms with Gasteiger partial charge in [-0.05, 0) is 12.0 Å². The summed E-state index contributed by atoms with van der Waals surface area (Å²) in [4.78, 5) is 11.3. The van der Waals surface area contributed by atoms with Crippen molar-refractivity contribution in [3.05, 3.63) is 35.9 Å². The van der Waals surface area contributed by atoms with E-state index in [1.807, 2.05) is 37.3 Å². The van der Waals surface area contributed by atoms with Crippen molar-refractivity contribution in [1.82, 2.24) is 5.32 Å². The van der Waals surface area contributed by atoms with E-state index in [9.17, 15) is 4.79 Å². The highest BCUT2D eigenvalue weighted by atomic mass is 16.6. The standard InChI is InChI=1S/C12H17NO3/c1-3-11(15-2)13-12(14)16-9-10-7-5-4-6-8-10/h4-8,11H,3,9H2,1-2H3,(H,13,14). The molecule has 0 aliphatic carbocycles. The molecular weight excluding hydrogens is 206 g/mol. The first-order valence-corrected chi connectivity index (χ1v) is 5.26. The zero-order chi connectivity index (χ0) is 11.8. The average molecular weight is 223 g/mol. The lowest BCUT2D eigenvalue weighted by atomic mass is 10.2. The Hall–Kier alpha value is -1.55. The molecule has 0 spiro atoms. The van der Waals surface area contributed by atoms with E-state index in [2.05, 4.69) is 5.32 Å². The van der Waals surface area contributed by atoms with E-state index in [0.29, 0.717) is 6.42 Å². The molecule has 4 nitrogen and oxygen atoms in total. The molecule has 0 radical (unpaired) electrons. The summed E-state index contributed by atoms with van der Waals surface area (Å²) < 4.78 is 10.0. The fraction of sp³-hybridized carbons (Fsp3) is 0.417. The first-order chi connectivity index (χ1) is 7.76. The first kappa shape index (κ1) is 12.5. The van der Waals surface area contributed by atoms with Crippen LogP contribution in [0, 0.1) is 0 Å². The Labute approximate surface area is 95.6 Å². The Morgan fingerprint density at radius 3 is 2.62 bits per heavy atom. The molecule has 0 saturated carbocycles. The smallest absolute Gasteiger partial charge is 0.409 e. The number of alkyl carbamates (subject to hydrolysis) is 1. The largest absolute Gasteiger partial charge is 0.445 e. The van der Waals surface area contributed by atoms with E-state index < -0.39 is 6.09 Å². The molecule has 0 aromatic heterocycles. The third-order valence-electron chi connectivity index (χ3n) is 2.15. The van der Waals surface area contributed by atoms with E-state index in [0.717, 1.165) is 5.56 Å². The number of rotatable bonds is 5. The summed E-state index contributed by atoms with van der Waals surface area (Å²) in [7, 11) is 1.55. The number of benzene rings is 1. The molecule has 16 heavy (non-hydrogen) atoms. The summed E-state index contributed by atoms with van der Waals surface area (Å²) in [5, 5.41) is 2.60. The van der Waals surface area contributed by atoms with Crippen molar-refractivity contribution in [3.8, 4) is 0 Å². The summed E-state index contributed by atoms with van der Waals surface area (Å²) in [6.07, 6.45) is -0.0439. The van der Waals surface area contributed by atoms with Gasteiger partial charge in [-0.1, -0.05) is 37.3 Å². The van der Waals surface area contributed by atoms with E-state index in [4.69, 9.17) is 9.47 Å².